The molecule has 0 aromatic heterocycles. The van der Waals surface area contributed by atoms with Crippen molar-refractivity contribution in [2.24, 2.45) is 0 Å². The number of sulfone groups is 1. The minimum absolute atomic E-state index is 0.288. The third-order valence-corrected chi connectivity index (χ3v) is 4.33. The van der Waals surface area contributed by atoms with Gasteiger partial charge in [0.1, 0.15) is 0 Å². The maximum atomic E-state index is 12.5. The van der Waals surface area contributed by atoms with Gasteiger partial charge in [-0.1, -0.05) is 12.1 Å². The summed E-state index contributed by atoms with van der Waals surface area (Å²) in [5, 5.41) is 0. The molecule has 1 radical (unpaired) electrons. The van der Waals surface area contributed by atoms with Crippen molar-refractivity contribution in [1.29, 1.82) is 0 Å². The van der Waals surface area contributed by atoms with Gasteiger partial charge in [0.05, 0.1) is 4.90 Å². The van der Waals surface area contributed by atoms with E-state index in [0.29, 0.717) is 18.4 Å². The molecule has 0 N–H and O–H groups in total. The molecule has 0 saturated heterocycles. The van der Waals surface area contributed by atoms with E-state index in [0.717, 1.165) is 12.5 Å². The van der Waals surface area contributed by atoms with Crippen LogP contribution in [0.3, 0.4) is 0 Å². The zero-order valence-corrected chi connectivity index (χ0v) is 9.61. The maximum Gasteiger partial charge on any atom is 0.501 e. The molecule has 0 aliphatic heterocycles. The zero-order valence-electron chi connectivity index (χ0n) is 8.79. The number of hydrogen-bond donors (Lipinski definition) is 0. The summed E-state index contributed by atoms with van der Waals surface area (Å²) >= 11 is 0. The molecule has 17 heavy (non-hydrogen) atoms. The van der Waals surface area contributed by atoms with Crippen LogP contribution in [0.25, 0.3) is 0 Å². The Morgan fingerprint density at radius 2 is 1.88 bits per heavy atom. The van der Waals surface area contributed by atoms with Crippen molar-refractivity contribution >= 4 is 9.84 Å². The number of alkyl halides is 3. The average molecular weight is 263 g/mol. The van der Waals surface area contributed by atoms with Gasteiger partial charge in [0.15, 0.2) is 0 Å². The van der Waals surface area contributed by atoms with Crippen LogP contribution in [0, 0.1) is 6.42 Å². The van der Waals surface area contributed by atoms with Gasteiger partial charge in [-0.25, -0.2) is 8.42 Å². The van der Waals surface area contributed by atoms with E-state index >= 15 is 0 Å². The Morgan fingerprint density at radius 1 is 1.18 bits per heavy atom. The molecule has 0 spiro atoms. The molecule has 1 aliphatic carbocycles. The minimum Gasteiger partial charge on any atom is -0.214 e. The number of hydrogen-bond acceptors (Lipinski definition) is 2. The van der Waals surface area contributed by atoms with Gasteiger partial charge < -0.3 is 0 Å². The van der Waals surface area contributed by atoms with Crippen molar-refractivity contribution < 1.29 is 21.6 Å². The summed E-state index contributed by atoms with van der Waals surface area (Å²) in [6.45, 7) is 0. The normalized spacial score (nSPS) is 16.6. The van der Waals surface area contributed by atoms with Crippen molar-refractivity contribution in [2.45, 2.75) is 29.7 Å². The maximum absolute atomic E-state index is 12.5. The summed E-state index contributed by atoms with van der Waals surface area (Å²) in [6.07, 6.45) is 3.59. The largest absolute Gasteiger partial charge is 0.501 e. The van der Waals surface area contributed by atoms with Crippen molar-refractivity contribution in [1.82, 2.24) is 0 Å². The van der Waals surface area contributed by atoms with Crippen molar-refractivity contribution in [3.63, 3.8) is 0 Å². The standard InChI is InChI=1S/C11H10F3O2S/c12-11(13,14)17(15,16)10-7-3-5-8-4-1-2-6-9(8)10/h3-5,7H,1-2,6H2. The molecule has 0 bridgehead atoms. The summed E-state index contributed by atoms with van der Waals surface area (Å²) in [5.74, 6) is 0. The lowest BCUT2D eigenvalue weighted by molar-refractivity contribution is -0.0436. The van der Waals surface area contributed by atoms with Crippen LogP contribution >= 0.6 is 0 Å². The second-order valence-corrected chi connectivity index (χ2v) is 5.78. The third-order valence-electron chi connectivity index (χ3n) is 2.76. The van der Waals surface area contributed by atoms with E-state index in [4.69, 9.17) is 0 Å². The molecular formula is C11H10F3O2S. The van der Waals surface area contributed by atoms with Gasteiger partial charge in [0.25, 0.3) is 9.84 Å². The summed E-state index contributed by atoms with van der Waals surface area (Å²) in [5.41, 5.74) is -4.35. The van der Waals surface area contributed by atoms with Gasteiger partial charge in [-0.05, 0) is 42.9 Å². The van der Waals surface area contributed by atoms with E-state index in [1.165, 1.54) is 6.07 Å². The molecule has 0 heterocycles. The van der Waals surface area contributed by atoms with Crippen LogP contribution in [0.1, 0.15) is 24.0 Å². The second-order valence-electron chi connectivity index (χ2n) is 3.87. The molecule has 1 aromatic carbocycles. The molecule has 1 aliphatic rings. The third kappa shape index (κ3) is 2.06. The molecule has 2 rings (SSSR count). The summed E-state index contributed by atoms with van der Waals surface area (Å²) in [4.78, 5) is -0.599. The van der Waals surface area contributed by atoms with Gasteiger partial charge in [0.2, 0.25) is 0 Å². The predicted molar refractivity (Wildman–Crippen MR) is 56.0 cm³/mol. The van der Waals surface area contributed by atoms with Crippen LogP contribution in [-0.2, 0) is 16.3 Å². The molecule has 0 unspecified atom stereocenters. The van der Waals surface area contributed by atoms with E-state index in [1.807, 2.05) is 0 Å². The molecule has 0 fully saturated rings. The van der Waals surface area contributed by atoms with Gasteiger partial charge in [-0.15, -0.1) is 0 Å². The van der Waals surface area contributed by atoms with Crippen LogP contribution in [0.15, 0.2) is 23.1 Å². The Bertz CT molecular complexity index is 532. The fourth-order valence-electron chi connectivity index (χ4n) is 1.95. The van der Waals surface area contributed by atoms with Gasteiger partial charge >= 0.3 is 5.51 Å². The number of rotatable bonds is 1. The average Bonchev–Trinajstić information content (AvgIpc) is 2.26. The smallest absolute Gasteiger partial charge is 0.214 e. The lowest BCUT2D eigenvalue weighted by atomic mass is 9.92. The van der Waals surface area contributed by atoms with E-state index in [-0.39, 0.29) is 5.56 Å². The molecule has 6 heteroatoms. The Labute approximate surface area is 97.4 Å². The zero-order chi connectivity index (χ0) is 12.7. The quantitative estimate of drug-likeness (QED) is 0.780. The minimum atomic E-state index is -5.24. The van der Waals surface area contributed by atoms with Crippen LogP contribution in [0.2, 0.25) is 0 Å². The molecule has 1 aromatic rings. The lowest BCUT2D eigenvalue weighted by Crippen LogP contribution is -2.25. The Hall–Kier alpha value is -1.04. The van der Waals surface area contributed by atoms with E-state index in [1.54, 1.807) is 12.5 Å². The molecule has 0 saturated carbocycles. The Kier molecular flexibility index (Phi) is 2.93. The van der Waals surface area contributed by atoms with Crippen molar-refractivity contribution in [3.8, 4) is 0 Å². The number of fused-ring (bicyclic) bond motifs is 1. The first-order valence-electron chi connectivity index (χ1n) is 5.10. The number of benzene rings is 1. The van der Waals surface area contributed by atoms with E-state index < -0.39 is 20.2 Å². The SMILES string of the molecule is O=S(=O)(c1cccc2c1CCC[CH]2)C(F)(F)F. The highest BCUT2D eigenvalue weighted by Gasteiger charge is 2.48. The van der Waals surface area contributed by atoms with Gasteiger partial charge in [-0.2, -0.15) is 13.2 Å². The summed E-state index contributed by atoms with van der Waals surface area (Å²) < 4.78 is 60.2. The Morgan fingerprint density at radius 3 is 2.53 bits per heavy atom. The predicted octanol–water partition coefficient (Wildman–Crippen LogP) is 2.87. The summed E-state index contributed by atoms with van der Waals surface area (Å²) in [6, 6.07) is 4.02. The fraction of sp³-hybridized carbons (Fsp3) is 0.364. The van der Waals surface area contributed by atoms with E-state index in [9.17, 15) is 21.6 Å². The molecule has 0 amide bonds. The first-order valence-corrected chi connectivity index (χ1v) is 6.59. The van der Waals surface area contributed by atoms with Crippen LogP contribution < -0.4 is 0 Å². The van der Waals surface area contributed by atoms with Crippen LogP contribution in [-0.4, -0.2) is 13.9 Å². The lowest BCUT2D eigenvalue weighted by Gasteiger charge is -2.19. The van der Waals surface area contributed by atoms with Crippen LogP contribution in [0.5, 0.6) is 0 Å². The first-order chi connectivity index (χ1) is 7.84. The highest BCUT2D eigenvalue weighted by molar-refractivity contribution is 7.92. The topological polar surface area (TPSA) is 34.1 Å². The highest BCUT2D eigenvalue weighted by atomic mass is 32.2. The molecule has 2 nitrogen and oxygen atoms in total. The monoisotopic (exact) mass is 263 g/mol. The Balaban J connectivity index is 2.61. The molecule has 93 valence electrons. The number of halogens is 3. The fourth-order valence-corrected chi connectivity index (χ4v) is 3.01. The van der Waals surface area contributed by atoms with E-state index in [2.05, 4.69) is 0 Å². The van der Waals surface area contributed by atoms with Gasteiger partial charge in [-0.3, -0.25) is 0 Å². The second kappa shape index (κ2) is 4.01. The first kappa shape index (κ1) is 12.4. The highest BCUT2D eigenvalue weighted by Crippen LogP contribution is 2.35. The van der Waals surface area contributed by atoms with Gasteiger partial charge in [0, 0.05) is 0 Å². The van der Waals surface area contributed by atoms with Crippen molar-refractivity contribution in [2.75, 3.05) is 0 Å². The van der Waals surface area contributed by atoms with Crippen LogP contribution in [0.4, 0.5) is 13.2 Å². The summed E-state index contributed by atoms with van der Waals surface area (Å²) in [7, 11) is -5.24. The molecule has 0 atom stereocenters. The van der Waals surface area contributed by atoms with Crippen molar-refractivity contribution in [3.05, 3.63) is 35.7 Å². The molecular weight excluding hydrogens is 253 g/mol.